The lowest BCUT2D eigenvalue weighted by Gasteiger charge is -2.23. The molecule has 0 aromatic heterocycles. The van der Waals surface area contributed by atoms with Gasteiger partial charge in [0.15, 0.2) is 6.61 Å². The molecular formula is C22H25N3O4. The lowest BCUT2D eigenvalue weighted by Crippen LogP contribution is -2.41. The normalized spacial score (nSPS) is 15.1. The summed E-state index contributed by atoms with van der Waals surface area (Å²) in [6.45, 7) is 6.09. The monoisotopic (exact) mass is 395 g/mol. The average molecular weight is 395 g/mol. The third-order valence-corrected chi connectivity index (χ3v) is 4.72. The molecule has 7 nitrogen and oxygen atoms in total. The van der Waals surface area contributed by atoms with Gasteiger partial charge in [0.05, 0.1) is 12.6 Å². The van der Waals surface area contributed by atoms with Crippen molar-refractivity contribution < 1.29 is 19.1 Å². The van der Waals surface area contributed by atoms with Gasteiger partial charge in [0, 0.05) is 5.69 Å². The highest BCUT2D eigenvalue weighted by Gasteiger charge is 2.33. The Kier molecular flexibility index (Phi) is 5.87. The van der Waals surface area contributed by atoms with Crippen molar-refractivity contribution in [3.05, 3.63) is 65.7 Å². The molecule has 1 saturated heterocycles. The van der Waals surface area contributed by atoms with Crippen LogP contribution in [-0.4, -0.2) is 36.1 Å². The molecule has 7 heteroatoms. The highest BCUT2D eigenvalue weighted by molar-refractivity contribution is 5.98. The molecule has 152 valence electrons. The predicted octanol–water partition coefficient (Wildman–Crippen LogP) is 3.83. The van der Waals surface area contributed by atoms with E-state index in [0.717, 1.165) is 16.0 Å². The minimum Gasteiger partial charge on any atom is -0.439 e. The zero-order valence-corrected chi connectivity index (χ0v) is 16.8. The smallest absolute Gasteiger partial charge is 0.417 e. The van der Waals surface area contributed by atoms with E-state index < -0.39 is 24.1 Å². The van der Waals surface area contributed by atoms with Crippen LogP contribution in [0.4, 0.5) is 15.3 Å². The molecule has 0 aliphatic carbocycles. The van der Waals surface area contributed by atoms with E-state index in [1.807, 2.05) is 54.6 Å². The van der Waals surface area contributed by atoms with Crippen LogP contribution in [-0.2, 0) is 14.9 Å². The Morgan fingerprint density at radius 1 is 1.07 bits per heavy atom. The molecule has 1 aliphatic heterocycles. The van der Waals surface area contributed by atoms with E-state index in [4.69, 9.17) is 4.74 Å². The van der Waals surface area contributed by atoms with Crippen molar-refractivity contribution in [3.63, 3.8) is 0 Å². The summed E-state index contributed by atoms with van der Waals surface area (Å²) in [6.07, 6.45) is -0.698. The van der Waals surface area contributed by atoms with Crippen molar-refractivity contribution >= 4 is 23.7 Å². The van der Waals surface area contributed by atoms with Gasteiger partial charge >= 0.3 is 12.1 Å². The molecule has 2 aromatic carbocycles. The highest BCUT2D eigenvalue weighted by Crippen LogP contribution is 2.23. The lowest BCUT2D eigenvalue weighted by atomic mass is 9.87. The van der Waals surface area contributed by atoms with Crippen LogP contribution in [0.1, 0.15) is 37.9 Å². The zero-order chi connectivity index (χ0) is 21.0. The standard InChI is InChI=1S/C22H25N3O4/c1-22(2,3)16-9-11-17(12-10-16)23-20(27)24-18(15-7-5-4-6-8-15)13-25-19(26)14-29-21(25)28/h4-12,18H,13-14H2,1-3H3,(H2,23,24,27). The fourth-order valence-electron chi connectivity index (χ4n) is 3.04. The Bertz CT molecular complexity index is 873. The number of imide groups is 1. The van der Waals surface area contributed by atoms with Crippen LogP contribution in [0.25, 0.3) is 0 Å². The van der Waals surface area contributed by atoms with Gasteiger partial charge in [-0.2, -0.15) is 0 Å². The number of cyclic esters (lactones) is 1. The van der Waals surface area contributed by atoms with Crippen molar-refractivity contribution in [1.82, 2.24) is 10.2 Å². The van der Waals surface area contributed by atoms with E-state index in [9.17, 15) is 14.4 Å². The Hall–Kier alpha value is -3.35. The molecule has 1 unspecified atom stereocenters. The molecule has 1 aliphatic rings. The number of nitrogens with zero attached hydrogens (tertiary/aromatic N) is 1. The molecule has 2 N–H and O–H groups in total. The van der Waals surface area contributed by atoms with Crippen molar-refractivity contribution in [3.8, 4) is 0 Å². The second-order valence-corrected chi connectivity index (χ2v) is 7.95. The summed E-state index contributed by atoms with van der Waals surface area (Å²) in [7, 11) is 0. The second kappa shape index (κ2) is 8.34. The first kappa shape index (κ1) is 20.4. The van der Waals surface area contributed by atoms with E-state index in [0.29, 0.717) is 5.69 Å². The minimum absolute atomic E-state index is 0.00192. The minimum atomic E-state index is -0.698. The van der Waals surface area contributed by atoms with Gasteiger partial charge in [0.1, 0.15) is 0 Å². The van der Waals surface area contributed by atoms with Crippen LogP contribution in [0.15, 0.2) is 54.6 Å². The summed E-state index contributed by atoms with van der Waals surface area (Å²) in [4.78, 5) is 37.3. The van der Waals surface area contributed by atoms with Gasteiger partial charge in [-0.15, -0.1) is 0 Å². The number of amides is 4. The van der Waals surface area contributed by atoms with E-state index in [-0.39, 0.29) is 18.6 Å². The fraction of sp³-hybridized carbons (Fsp3) is 0.318. The van der Waals surface area contributed by atoms with Crippen LogP contribution in [0.3, 0.4) is 0 Å². The first-order valence-corrected chi connectivity index (χ1v) is 9.44. The second-order valence-electron chi connectivity index (χ2n) is 7.95. The van der Waals surface area contributed by atoms with Gasteiger partial charge in [-0.3, -0.25) is 4.79 Å². The van der Waals surface area contributed by atoms with E-state index in [1.165, 1.54) is 0 Å². The number of benzene rings is 2. The van der Waals surface area contributed by atoms with Gasteiger partial charge in [0.25, 0.3) is 5.91 Å². The molecule has 1 heterocycles. The van der Waals surface area contributed by atoms with Gasteiger partial charge in [-0.05, 0) is 28.7 Å². The zero-order valence-electron chi connectivity index (χ0n) is 16.8. The quantitative estimate of drug-likeness (QED) is 0.805. The predicted molar refractivity (Wildman–Crippen MR) is 110 cm³/mol. The molecule has 1 fully saturated rings. The average Bonchev–Trinajstić information content (AvgIpc) is 3.00. The maximum Gasteiger partial charge on any atom is 0.417 e. The van der Waals surface area contributed by atoms with Crippen LogP contribution in [0.5, 0.6) is 0 Å². The van der Waals surface area contributed by atoms with E-state index in [2.05, 4.69) is 31.4 Å². The molecule has 0 saturated carbocycles. The van der Waals surface area contributed by atoms with Crippen LogP contribution in [0, 0.1) is 0 Å². The molecule has 1 atom stereocenters. The number of carbonyl (C=O) groups excluding carboxylic acids is 3. The number of carbonyl (C=O) groups is 3. The molecule has 2 aromatic rings. The molecule has 0 radical (unpaired) electrons. The Labute approximate surface area is 170 Å². The first-order chi connectivity index (χ1) is 13.7. The summed E-state index contributed by atoms with van der Waals surface area (Å²) in [6, 6.07) is 15.8. The maximum atomic E-state index is 12.6. The van der Waals surface area contributed by atoms with Crippen molar-refractivity contribution in [2.75, 3.05) is 18.5 Å². The number of rotatable bonds is 5. The largest absolute Gasteiger partial charge is 0.439 e. The lowest BCUT2D eigenvalue weighted by molar-refractivity contribution is -0.126. The van der Waals surface area contributed by atoms with Gasteiger partial charge in [-0.25, -0.2) is 14.5 Å². The van der Waals surface area contributed by atoms with Crippen molar-refractivity contribution in [2.45, 2.75) is 32.2 Å². The molecule has 3 rings (SSSR count). The van der Waals surface area contributed by atoms with Crippen LogP contribution in [0.2, 0.25) is 0 Å². The highest BCUT2D eigenvalue weighted by atomic mass is 16.6. The number of nitrogens with one attached hydrogen (secondary N) is 2. The number of hydrogen-bond donors (Lipinski definition) is 2. The first-order valence-electron chi connectivity index (χ1n) is 9.44. The summed E-state index contributed by atoms with van der Waals surface area (Å²) < 4.78 is 4.76. The van der Waals surface area contributed by atoms with Gasteiger partial charge < -0.3 is 15.4 Å². The number of hydrogen-bond acceptors (Lipinski definition) is 4. The molecule has 0 bridgehead atoms. The summed E-state index contributed by atoms with van der Waals surface area (Å²) in [5, 5.41) is 5.64. The fourth-order valence-corrected chi connectivity index (χ4v) is 3.04. The number of urea groups is 1. The van der Waals surface area contributed by atoms with E-state index >= 15 is 0 Å². The third kappa shape index (κ3) is 5.13. The summed E-state index contributed by atoms with van der Waals surface area (Å²) in [5.74, 6) is -0.420. The van der Waals surface area contributed by atoms with Crippen LogP contribution < -0.4 is 10.6 Å². The Morgan fingerprint density at radius 3 is 2.28 bits per heavy atom. The van der Waals surface area contributed by atoms with Gasteiger partial charge in [-0.1, -0.05) is 63.2 Å². The number of anilines is 1. The molecular weight excluding hydrogens is 370 g/mol. The Balaban J connectivity index is 1.71. The SMILES string of the molecule is CC(C)(C)c1ccc(NC(=O)NC(CN2C(=O)COC2=O)c2ccccc2)cc1. The van der Waals surface area contributed by atoms with Crippen molar-refractivity contribution in [2.24, 2.45) is 0 Å². The number of ether oxygens (including phenoxy) is 1. The molecule has 4 amide bonds. The molecule has 0 spiro atoms. The summed E-state index contributed by atoms with van der Waals surface area (Å²) in [5.41, 5.74) is 2.62. The Morgan fingerprint density at radius 2 is 1.72 bits per heavy atom. The summed E-state index contributed by atoms with van der Waals surface area (Å²) >= 11 is 0. The maximum absolute atomic E-state index is 12.6. The van der Waals surface area contributed by atoms with Crippen LogP contribution >= 0.6 is 0 Å². The topological polar surface area (TPSA) is 87.7 Å². The van der Waals surface area contributed by atoms with E-state index in [1.54, 1.807) is 0 Å². The third-order valence-electron chi connectivity index (χ3n) is 4.72. The van der Waals surface area contributed by atoms with Crippen molar-refractivity contribution in [1.29, 1.82) is 0 Å². The molecule has 29 heavy (non-hydrogen) atoms. The van der Waals surface area contributed by atoms with Gasteiger partial charge in [0.2, 0.25) is 0 Å².